The largest absolute Gasteiger partial charge is 0.396 e. The Bertz CT molecular complexity index is 570. The highest BCUT2D eigenvalue weighted by atomic mass is 31.0. The normalized spacial score (nSPS) is 54.5. The second kappa shape index (κ2) is 7.77. The predicted octanol–water partition coefficient (Wildman–Crippen LogP) is 5.06. The minimum absolute atomic E-state index is 0.163. The van der Waals surface area contributed by atoms with Crippen molar-refractivity contribution in [1.82, 2.24) is 0 Å². The maximum Gasteiger partial charge on any atom is 0.0614 e. The van der Waals surface area contributed by atoms with E-state index in [1.807, 2.05) is 0 Å². The summed E-state index contributed by atoms with van der Waals surface area (Å²) in [6.07, 6.45) is 9.82. The number of fused-ring (bicyclic) bond motifs is 5. The van der Waals surface area contributed by atoms with Gasteiger partial charge in [0.05, 0.1) is 12.2 Å². The molecule has 0 aromatic heterocycles. The Morgan fingerprint density at radius 2 is 1.71 bits per heavy atom. The Hall–Kier alpha value is 0.310. The van der Waals surface area contributed by atoms with Crippen LogP contribution in [0.15, 0.2) is 0 Å². The van der Waals surface area contributed by atoms with Crippen LogP contribution in [0.1, 0.15) is 79.1 Å². The molecule has 0 spiro atoms. The Balaban J connectivity index is 1.68. The first-order valence-corrected chi connectivity index (χ1v) is 12.4. The second-order valence-corrected chi connectivity index (χ2v) is 11.7. The molecule has 4 aliphatic carbocycles. The molecule has 0 radical (unpaired) electrons. The maximum absolute atomic E-state index is 11.7. The van der Waals surface area contributed by atoms with Gasteiger partial charge in [0.15, 0.2) is 0 Å². The highest BCUT2D eigenvalue weighted by Crippen LogP contribution is 2.69. The van der Waals surface area contributed by atoms with Crippen LogP contribution >= 0.6 is 9.47 Å². The average molecular weight is 411 g/mol. The second-order valence-electron chi connectivity index (χ2n) is 11.4. The van der Waals surface area contributed by atoms with Crippen molar-refractivity contribution in [2.24, 2.45) is 52.3 Å². The van der Waals surface area contributed by atoms with E-state index in [4.69, 9.17) is 4.52 Å². The summed E-state index contributed by atoms with van der Waals surface area (Å²) in [7, 11) is 2.48. The fourth-order valence-electron chi connectivity index (χ4n) is 9.17. The minimum Gasteiger partial charge on any atom is -0.396 e. The summed E-state index contributed by atoms with van der Waals surface area (Å²) >= 11 is 0. The molecule has 4 aliphatic rings. The van der Waals surface area contributed by atoms with Gasteiger partial charge >= 0.3 is 0 Å². The highest BCUT2D eigenvalue weighted by Gasteiger charge is 2.64. The van der Waals surface area contributed by atoms with Crippen LogP contribution in [0.3, 0.4) is 0 Å². The molecule has 12 atom stereocenters. The highest BCUT2D eigenvalue weighted by molar-refractivity contribution is 7.09. The van der Waals surface area contributed by atoms with Crippen molar-refractivity contribution < 1.29 is 14.7 Å². The van der Waals surface area contributed by atoms with Gasteiger partial charge in [-0.25, -0.2) is 0 Å². The van der Waals surface area contributed by atoms with Gasteiger partial charge in [-0.2, -0.15) is 0 Å². The molecular formula is C24H43O3P. The Morgan fingerprint density at radius 1 is 1.04 bits per heavy atom. The van der Waals surface area contributed by atoms with Crippen LogP contribution in [-0.4, -0.2) is 29.0 Å². The van der Waals surface area contributed by atoms with Crippen LogP contribution in [-0.2, 0) is 4.52 Å². The van der Waals surface area contributed by atoms with E-state index in [-0.39, 0.29) is 6.10 Å². The molecule has 3 unspecified atom stereocenters. The molecule has 0 amide bonds. The van der Waals surface area contributed by atoms with E-state index in [0.29, 0.717) is 65.0 Å². The predicted molar refractivity (Wildman–Crippen MR) is 117 cm³/mol. The Labute approximate surface area is 174 Å². The van der Waals surface area contributed by atoms with Crippen LogP contribution in [0.25, 0.3) is 0 Å². The van der Waals surface area contributed by atoms with Crippen molar-refractivity contribution in [3.05, 3.63) is 0 Å². The molecule has 0 saturated heterocycles. The molecule has 0 aliphatic heterocycles. The van der Waals surface area contributed by atoms with Gasteiger partial charge in [-0.3, -0.25) is 0 Å². The van der Waals surface area contributed by atoms with Crippen LogP contribution in [0.5, 0.6) is 0 Å². The van der Waals surface area contributed by atoms with Crippen LogP contribution < -0.4 is 0 Å². The van der Waals surface area contributed by atoms with E-state index < -0.39 is 0 Å². The van der Waals surface area contributed by atoms with Gasteiger partial charge < -0.3 is 14.7 Å². The number of aliphatic hydroxyl groups excluding tert-OH is 2. The van der Waals surface area contributed by atoms with Gasteiger partial charge in [-0.05, 0) is 97.2 Å². The molecule has 0 aromatic carbocycles. The fraction of sp³-hybridized carbons (Fsp3) is 1.00. The first-order chi connectivity index (χ1) is 13.3. The summed E-state index contributed by atoms with van der Waals surface area (Å²) in [6, 6.07) is 0. The average Bonchev–Trinajstić information content (AvgIpc) is 3.05. The first kappa shape index (κ1) is 21.5. The van der Waals surface area contributed by atoms with E-state index in [2.05, 4.69) is 37.2 Å². The lowest BCUT2D eigenvalue weighted by atomic mass is 9.41. The lowest BCUT2D eigenvalue weighted by Gasteiger charge is -2.65. The van der Waals surface area contributed by atoms with Gasteiger partial charge in [-0.1, -0.05) is 34.1 Å². The van der Waals surface area contributed by atoms with E-state index in [1.54, 1.807) is 0 Å². The van der Waals surface area contributed by atoms with Crippen LogP contribution in [0, 0.1) is 52.3 Å². The van der Waals surface area contributed by atoms with E-state index in [9.17, 15) is 10.2 Å². The lowest BCUT2D eigenvalue weighted by molar-refractivity contribution is -0.201. The third-order valence-electron chi connectivity index (χ3n) is 10.6. The number of hydrogen-bond acceptors (Lipinski definition) is 3. The molecule has 28 heavy (non-hydrogen) atoms. The maximum atomic E-state index is 11.7. The molecular weight excluding hydrogens is 367 g/mol. The van der Waals surface area contributed by atoms with E-state index >= 15 is 0 Å². The molecule has 162 valence electrons. The fourth-order valence-corrected chi connectivity index (χ4v) is 9.42. The van der Waals surface area contributed by atoms with E-state index in [0.717, 1.165) is 12.8 Å². The topological polar surface area (TPSA) is 49.7 Å². The quantitative estimate of drug-likeness (QED) is 0.637. The van der Waals surface area contributed by atoms with Gasteiger partial charge in [0, 0.05) is 16.1 Å². The zero-order valence-corrected chi connectivity index (χ0v) is 19.6. The molecule has 3 nitrogen and oxygen atoms in total. The molecule has 4 rings (SSSR count). The van der Waals surface area contributed by atoms with Gasteiger partial charge in [0.1, 0.15) is 0 Å². The third kappa shape index (κ3) is 2.97. The summed E-state index contributed by atoms with van der Waals surface area (Å²) in [5.74, 6) is 3.73. The monoisotopic (exact) mass is 410 g/mol. The molecule has 4 saturated carbocycles. The molecule has 2 N–H and O–H groups in total. The number of aliphatic hydroxyl groups is 2. The minimum atomic E-state index is -0.163. The number of hydrogen-bond donors (Lipinski definition) is 2. The zero-order valence-electron chi connectivity index (χ0n) is 18.4. The molecule has 4 heteroatoms. The summed E-state index contributed by atoms with van der Waals surface area (Å²) in [6.45, 7) is 9.88. The summed E-state index contributed by atoms with van der Waals surface area (Å²) in [5, 5.41) is 21.6. The van der Waals surface area contributed by atoms with Crippen LogP contribution in [0.4, 0.5) is 0 Å². The SMILES string of the molecule is CC[C@@H]1C2C[C@H](OP)CC[C@]2(C)[C@H]2CC[C@]3(C)C([C@H](C)CO)CC[C@H]3[C@@H]2[C@@H]1O. The number of rotatable bonds is 4. The molecule has 4 fully saturated rings. The van der Waals surface area contributed by atoms with Gasteiger partial charge in [0.25, 0.3) is 0 Å². The third-order valence-corrected chi connectivity index (χ3v) is 11.0. The Morgan fingerprint density at radius 3 is 2.36 bits per heavy atom. The van der Waals surface area contributed by atoms with Crippen molar-refractivity contribution >= 4 is 9.47 Å². The van der Waals surface area contributed by atoms with Crippen molar-refractivity contribution in [2.45, 2.75) is 91.3 Å². The smallest absolute Gasteiger partial charge is 0.0614 e. The van der Waals surface area contributed by atoms with Gasteiger partial charge in [-0.15, -0.1) is 0 Å². The van der Waals surface area contributed by atoms with Crippen molar-refractivity contribution in [2.75, 3.05) is 6.61 Å². The lowest BCUT2D eigenvalue weighted by Crippen LogP contribution is -2.62. The molecule has 0 aromatic rings. The Kier molecular flexibility index (Phi) is 5.98. The molecule has 0 heterocycles. The van der Waals surface area contributed by atoms with Crippen molar-refractivity contribution in [1.29, 1.82) is 0 Å². The van der Waals surface area contributed by atoms with E-state index in [1.165, 1.54) is 38.5 Å². The first-order valence-electron chi connectivity index (χ1n) is 12.0. The molecule has 0 bridgehead atoms. The van der Waals surface area contributed by atoms with Crippen molar-refractivity contribution in [3.8, 4) is 0 Å². The summed E-state index contributed by atoms with van der Waals surface area (Å²) in [4.78, 5) is 0. The summed E-state index contributed by atoms with van der Waals surface area (Å²) in [5.41, 5.74) is 0.651. The standard InChI is InChI=1S/C24H43O3P/c1-5-16-20-12-15(27-28)8-10-24(20,4)19-9-11-23(3)17(14(2)13-25)6-7-18(23)21(19)22(16)26/h14-22,25-26H,5-13,28H2,1-4H3/t14-,15-,16-,17?,18+,19+,20?,21+,22-,23-,24-/m1/s1. The van der Waals surface area contributed by atoms with Crippen molar-refractivity contribution in [3.63, 3.8) is 0 Å². The summed E-state index contributed by atoms with van der Waals surface area (Å²) < 4.78 is 5.70. The van der Waals surface area contributed by atoms with Gasteiger partial charge in [0.2, 0.25) is 0 Å². The van der Waals surface area contributed by atoms with Crippen LogP contribution in [0.2, 0.25) is 0 Å². The zero-order chi connectivity index (χ0) is 20.3.